The Bertz CT molecular complexity index is 579. The SMILES string of the molecule is C=C1CCC(SNCCO)CCSC(NC(=O)NC(=O)C2CCC=CC2Cl)N1. The minimum absolute atomic E-state index is 0.115. The van der Waals surface area contributed by atoms with Gasteiger partial charge in [-0.15, -0.1) is 23.4 Å². The van der Waals surface area contributed by atoms with Crippen LogP contribution in [0.1, 0.15) is 32.1 Å². The minimum atomic E-state index is -0.531. The van der Waals surface area contributed by atoms with Crippen molar-refractivity contribution in [3.8, 4) is 0 Å². The summed E-state index contributed by atoms with van der Waals surface area (Å²) >= 11 is 9.37. The Morgan fingerprint density at radius 3 is 2.96 bits per heavy atom. The number of halogens is 1. The Morgan fingerprint density at radius 1 is 1.39 bits per heavy atom. The molecule has 0 aromatic rings. The summed E-state index contributed by atoms with van der Waals surface area (Å²) in [7, 11) is 0. The Hall–Kier alpha value is -0.870. The van der Waals surface area contributed by atoms with Gasteiger partial charge in [0.15, 0.2) is 0 Å². The summed E-state index contributed by atoms with van der Waals surface area (Å²) in [4.78, 5) is 24.6. The molecule has 0 aromatic carbocycles. The van der Waals surface area contributed by atoms with Crippen molar-refractivity contribution in [2.75, 3.05) is 18.9 Å². The van der Waals surface area contributed by atoms with Crippen molar-refractivity contribution >= 4 is 47.2 Å². The van der Waals surface area contributed by atoms with E-state index in [9.17, 15) is 9.59 Å². The second-order valence-corrected chi connectivity index (χ2v) is 9.61. The molecular weight excluding hydrogens is 420 g/mol. The van der Waals surface area contributed by atoms with Gasteiger partial charge < -0.3 is 15.7 Å². The van der Waals surface area contributed by atoms with E-state index in [-0.39, 0.29) is 23.4 Å². The average Bonchev–Trinajstić information content (AvgIpc) is 2.73. The third kappa shape index (κ3) is 8.24. The molecule has 4 atom stereocenters. The maximum Gasteiger partial charge on any atom is 0.323 e. The number of carbonyl (C=O) groups excluding carboxylic acids is 2. The largest absolute Gasteiger partial charge is 0.395 e. The van der Waals surface area contributed by atoms with Crippen molar-refractivity contribution in [1.82, 2.24) is 20.7 Å². The summed E-state index contributed by atoms with van der Waals surface area (Å²) in [6.07, 6.45) is 7.89. The van der Waals surface area contributed by atoms with Crippen LogP contribution in [0.4, 0.5) is 4.79 Å². The smallest absolute Gasteiger partial charge is 0.323 e. The summed E-state index contributed by atoms with van der Waals surface area (Å²) in [6, 6.07) is -0.531. The Balaban J connectivity index is 1.80. The highest BCUT2D eigenvalue weighted by Gasteiger charge is 2.28. The topological polar surface area (TPSA) is 102 Å². The van der Waals surface area contributed by atoms with Crippen molar-refractivity contribution in [3.05, 3.63) is 24.4 Å². The molecule has 0 saturated carbocycles. The lowest BCUT2D eigenvalue weighted by molar-refractivity contribution is -0.123. The van der Waals surface area contributed by atoms with Crippen LogP contribution in [0.3, 0.4) is 0 Å². The molecule has 0 aromatic heterocycles. The highest BCUT2D eigenvalue weighted by molar-refractivity contribution is 8.00. The summed E-state index contributed by atoms with van der Waals surface area (Å²) in [5.41, 5.74) is 0.490. The van der Waals surface area contributed by atoms with Gasteiger partial charge in [-0.05, 0) is 37.9 Å². The molecule has 0 spiro atoms. The molecule has 0 bridgehead atoms. The highest BCUT2D eigenvalue weighted by Crippen LogP contribution is 2.25. The fraction of sp³-hybridized carbons (Fsp3) is 0.667. The summed E-state index contributed by atoms with van der Waals surface area (Å²) in [5, 5.41) is 17.3. The van der Waals surface area contributed by atoms with Crippen LogP contribution in [0, 0.1) is 5.92 Å². The number of rotatable bonds is 6. The zero-order valence-electron chi connectivity index (χ0n) is 15.8. The predicted octanol–water partition coefficient (Wildman–Crippen LogP) is 2.29. The molecule has 1 aliphatic carbocycles. The molecule has 1 fully saturated rings. The van der Waals surface area contributed by atoms with Gasteiger partial charge in [-0.3, -0.25) is 14.8 Å². The minimum Gasteiger partial charge on any atom is -0.395 e. The molecular formula is C18H29ClN4O3S2. The molecule has 3 amide bonds. The number of amides is 3. The number of hydrogen-bond donors (Lipinski definition) is 5. The Labute approximate surface area is 180 Å². The van der Waals surface area contributed by atoms with E-state index in [2.05, 4.69) is 27.3 Å². The molecule has 2 rings (SSSR count). The number of aliphatic hydroxyl groups excluding tert-OH is 1. The summed E-state index contributed by atoms with van der Waals surface area (Å²) in [6.45, 7) is 4.71. The zero-order chi connectivity index (χ0) is 20.4. The van der Waals surface area contributed by atoms with Gasteiger partial charge in [0.25, 0.3) is 0 Å². The van der Waals surface area contributed by atoms with Crippen molar-refractivity contribution in [2.24, 2.45) is 5.92 Å². The van der Waals surface area contributed by atoms with Crippen LogP contribution in [0.25, 0.3) is 0 Å². The van der Waals surface area contributed by atoms with E-state index in [0.29, 0.717) is 18.2 Å². The highest BCUT2D eigenvalue weighted by atomic mass is 35.5. The van der Waals surface area contributed by atoms with Crippen molar-refractivity contribution in [2.45, 2.75) is 48.2 Å². The van der Waals surface area contributed by atoms with Gasteiger partial charge in [0.2, 0.25) is 5.91 Å². The molecule has 4 unspecified atom stereocenters. The van der Waals surface area contributed by atoms with E-state index in [0.717, 1.165) is 37.1 Å². The Kier molecular flexibility index (Phi) is 10.6. The van der Waals surface area contributed by atoms with Crippen molar-refractivity contribution < 1.29 is 14.7 Å². The van der Waals surface area contributed by atoms with E-state index < -0.39 is 11.9 Å². The molecule has 10 heteroatoms. The maximum absolute atomic E-state index is 12.3. The van der Waals surface area contributed by atoms with Crippen LogP contribution in [0.5, 0.6) is 0 Å². The lowest BCUT2D eigenvalue weighted by Crippen LogP contribution is -2.50. The molecule has 1 aliphatic heterocycles. The number of allylic oxidation sites excluding steroid dienone is 3. The van der Waals surface area contributed by atoms with Crippen LogP contribution in [-0.2, 0) is 4.79 Å². The third-order valence-electron chi connectivity index (χ3n) is 4.48. The molecule has 5 N–H and O–H groups in total. The monoisotopic (exact) mass is 448 g/mol. The molecule has 1 heterocycles. The van der Waals surface area contributed by atoms with Crippen molar-refractivity contribution in [1.29, 1.82) is 0 Å². The van der Waals surface area contributed by atoms with Crippen LogP contribution < -0.4 is 20.7 Å². The van der Waals surface area contributed by atoms with Crippen LogP contribution in [-0.4, -0.2) is 52.1 Å². The number of thioether (sulfide) groups is 1. The number of hydrogen-bond acceptors (Lipinski definition) is 7. The standard InChI is InChI=1S/C18H29ClN4O3S2/c1-12-6-7-13(28-20-9-10-24)8-11-27-18(21-12)23-17(26)22-16(25)14-4-2-3-5-15(14)19/h3,5,13-15,18,20-21,24H,1-2,4,6-11H2,(H2,22,23,25,26). The van der Waals surface area contributed by atoms with E-state index in [4.69, 9.17) is 16.7 Å². The fourth-order valence-electron chi connectivity index (χ4n) is 2.94. The number of urea groups is 1. The van der Waals surface area contributed by atoms with E-state index in [1.807, 2.05) is 6.08 Å². The van der Waals surface area contributed by atoms with Gasteiger partial charge in [0.05, 0.1) is 17.9 Å². The first-order valence-corrected chi connectivity index (χ1v) is 11.8. The van der Waals surface area contributed by atoms with Crippen molar-refractivity contribution in [3.63, 3.8) is 0 Å². The van der Waals surface area contributed by atoms with Gasteiger partial charge in [0.1, 0.15) is 5.50 Å². The first-order valence-electron chi connectivity index (χ1n) is 9.47. The van der Waals surface area contributed by atoms with E-state index >= 15 is 0 Å². The molecule has 7 nitrogen and oxygen atoms in total. The summed E-state index contributed by atoms with van der Waals surface area (Å²) < 4.78 is 3.16. The maximum atomic E-state index is 12.3. The van der Waals surface area contributed by atoms with Gasteiger partial charge in [-0.25, -0.2) is 4.79 Å². The first kappa shape index (κ1) is 23.4. The molecule has 1 saturated heterocycles. The number of aliphatic hydroxyl groups is 1. The van der Waals surface area contributed by atoms with Crippen LogP contribution in [0.2, 0.25) is 0 Å². The quantitative estimate of drug-likeness (QED) is 0.184. The fourth-order valence-corrected chi connectivity index (χ4v) is 5.45. The van der Waals surface area contributed by atoms with Gasteiger partial charge in [0, 0.05) is 17.5 Å². The van der Waals surface area contributed by atoms with Gasteiger partial charge in [-0.2, -0.15) is 0 Å². The normalized spacial score (nSPS) is 28.4. The average molecular weight is 449 g/mol. The number of carbonyl (C=O) groups is 2. The van der Waals surface area contributed by atoms with E-state index in [1.165, 1.54) is 0 Å². The lowest BCUT2D eigenvalue weighted by Gasteiger charge is -2.24. The second kappa shape index (κ2) is 12.6. The number of imide groups is 1. The predicted molar refractivity (Wildman–Crippen MR) is 117 cm³/mol. The van der Waals surface area contributed by atoms with E-state index in [1.54, 1.807) is 29.8 Å². The molecule has 28 heavy (non-hydrogen) atoms. The first-order chi connectivity index (χ1) is 13.5. The van der Waals surface area contributed by atoms with Crippen LogP contribution in [0.15, 0.2) is 24.4 Å². The van der Waals surface area contributed by atoms with Gasteiger partial charge in [-0.1, -0.05) is 30.7 Å². The summed E-state index contributed by atoms with van der Waals surface area (Å²) in [5.74, 6) is 0.104. The molecule has 0 radical (unpaired) electrons. The Morgan fingerprint density at radius 2 is 2.21 bits per heavy atom. The molecule has 2 aliphatic rings. The second-order valence-electron chi connectivity index (χ2n) is 6.70. The van der Waals surface area contributed by atoms with Gasteiger partial charge >= 0.3 is 6.03 Å². The molecule has 158 valence electrons. The third-order valence-corrected chi connectivity index (χ3v) is 7.14. The number of alkyl halides is 1. The van der Waals surface area contributed by atoms with Crippen LogP contribution >= 0.6 is 35.3 Å². The lowest BCUT2D eigenvalue weighted by atomic mass is 9.93. The number of nitrogens with one attached hydrogen (secondary N) is 4. The zero-order valence-corrected chi connectivity index (χ0v) is 18.2.